The smallest absolute Gasteiger partial charge is 0.185 e. The first-order valence-corrected chi connectivity index (χ1v) is 7.30. The Morgan fingerprint density at radius 2 is 1.23 bits per heavy atom. The Morgan fingerprint density at radius 1 is 0.773 bits per heavy atom. The van der Waals surface area contributed by atoms with Crippen molar-refractivity contribution in [2.45, 2.75) is 25.9 Å². The number of nitrogens with one attached hydrogen (secondary N) is 2. The Morgan fingerprint density at radius 3 is 1.64 bits per heavy atom. The highest BCUT2D eigenvalue weighted by Gasteiger charge is 2.03. The second-order valence-corrected chi connectivity index (χ2v) is 4.66. The lowest BCUT2D eigenvalue weighted by atomic mass is 10.3. The molecule has 0 radical (unpaired) electrons. The lowest BCUT2D eigenvalue weighted by Gasteiger charge is -2.04. The molecule has 6 nitrogen and oxygen atoms in total. The van der Waals surface area contributed by atoms with Gasteiger partial charge in [0.25, 0.3) is 0 Å². The van der Waals surface area contributed by atoms with E-state index in [4.69, 9.17) is 0 Å². The maximum Gasteiger partial charge on any atom is 0.185 e. The molecule has 0 aromatic heterocycles. The minimum atomic E-state index is -0.294. The Hall–Kier alpha value is -2.76. The normalized spacial score (nSPS) is 12.6. The molecule has 0 unspecified atom stereocenters. The SMILES string of the molecule is CCCC(N=NNc1ccccc1)N=NNc1ccccc1. The Bertz CT molecular complexity index is 531. The zero-order valence-corrected chi connectivity index (χ0v) is 12.6. The molecular formula is C16H20N6. The van der Waals surface area contributed by atoms with E-state index in [-0.39, 0.29) is 6.17 Å². The van der Waals surface area contributed by atoms with Crippen LogP contribution in [0.3, 0.4) is 0 Å². The number of hydrogen-bond acceptors (Lipinski definition) is 4. The van der Waals surface area contributed by atoms with Gasteiger partial charge >= 0.3 is 0 Å². The zero-order valence-electron chi connectivity index (χ0n) is 12.6. The Balaban J connectivity index is 1.86. The largest absolute Gasteiger partial charge is 0.260 e. The highest BCUT2D eigenvalue weighted by molar-refractivity contribution is 5.41. The van der Waals surface area contributed by atoms with Crippen molar-refractivity contribution in [1.29, 1.82) is 0 Å². The third kappa shape index (κ3) is 5.70. The van der Waals surface area contributed by atoms with Crippen molar-refractivity contribution >= 4 is 11.4 Å². The third-order valence-electron chi connectivity index (χ3n) is 2.83. The van der Waals surface area contributed by atoms with Crippen molar-refractivity contribution in [2.24, 2.45) is 20.7 Å². The number of benzene rings is 2. The summed E-state index contributed by atoms with van der Waals surface area (Å²) in [6, 6.07) is 19.3. The second kappa shape index (κ2) is 9.23. The van der Waals surface area contributed by atoms with Crippen LogP contribution in [-0.2, 0) is 0 Å². The number of hydrogen-bond donors (Lipinski definition) is 2. The van der Waals surface area contributed by atoms with E-state index in [2.05, 4.69) is 38.5 Å². The van der Waals surface area contributed by atoms with E-state index in [1.165, 1.54) is 0 Å². The van der Waals surface area contributed by atoms with Gasteiger partial charge in [0.05, 0.1) is 11.4 Å². The average molecular weight is 296 g/mol. The molecule has 0 aliphatic heterocycles. The second-order valence-electron chi connectivity index (χ2n) is 4.66. The van der Waals surface area contributed by atoms with Gasteiger partial charge in [-0.3, -0.25) is 10.9 Å². The van der Waals surface area contributed by atoms with E-state index >= 15 is 0 Å². The predicted octanol–water partition coefficient (Wildman–Crippen LogP) is 5.07. The van der Waals surface area contributed by atoms with Gasteiger partial charge in [0.2, 0.25) is 0 Å². The lowest BCUT2D eigenvalue weighted by Crippen LogP contribution is -2.01. The Labute approximate surface area is 130 Å². The molecule has 0 fully saturated rings. The summed E-state index contributed by atoms with van der Waals surface area (Å²) in [5.41, 5.74) is 7.54. The molecule has 0 amide bonds. The summed E-state index contributed by atoms with van der Waals surface area (Å²) in [6.07, 6.45) is 1.46. The van der Waals surface area contributed by atoms with Crippen molar-refractivity contribution in [1.82, 2.24) is 0 Å². The fourth-order valence-corrected chi connectivity index (χ4v) is 1.73. The fourth-order valence-electron chi connectivity index (χ4n) is 1.73. The van der Waals surface area contributed by atoms with Crippen LogP contribution in [0.2, 0.25) is 0 Å². The quantitative estimate of drug-likeness (QED) is 0.527. The molecule has 114 valence electrons. The van der Waals surface area contributed by atoms with Crippen LogP contribution in [0.1, 0.15) is 19.8 Å². The summed E-state index contributed by atoms with van der Waals surface area (Å²) < 4.78 is 0. The van der Waals surface area contributed by atoms with Crippen LogP contribution in [0, 0.1) is 0 Å². The van der Waals surface area contributed by atoms with Crippen molar-refractivity contribution < 1.29 is 0 Å². The van der Waals surface area contributed by atoms with Gasteiger partial charge in [-0.1, -0.05) is 60.2 Å². The van der Waals surface area contributed by atoms with Crippen molar-refractivity contribution in [2.75, 3.05) is 10.9 Å². The van der Waals surface area contributed by atoms with Gasteiger partial charge in [-0.25, -0.2) is 0 Å². The van der Waals surface area contributed by atoms with E-state index in [9.17, 15) is 0 Å². The Kier molecular flexibility index (Phi) is 6.55. The molecule has 6 heteroatoms. The van der Waals surface area contributed by atoms with Gasteiger partial charge in [-0.15, -0.1) is 10.2 Å². The van der Waals surface area contributed by atoms with Gasteiger partial charge in [-0.2, -0.15) is 0 Å². The molecule has 22 heavy (non-hydrogen) atoms. The minimum Gasteiger partial charge on any atom is -0.260 e. The molecule has 0 spiro atoms. The van der Waals surface area contributed by atoms with Crippen molar-refractivity contribution in [3.8, 4) is 0 Å². The van der Waals surface area contributed by atoms with Crippen LogP contribution in [0.5, 0.6) is 0 Å². The molecule has 0 saturated heterocycles. The molecule has 0 aliphatic carbocycles. The summed E-state index contributed by atoms with van der Waals surface area (Å²) in [6.45, 7) is 2.08. The summed E-state index contributed by atoms with van der Waals surface area (Å²) in [4.78, 5) is 0. The number of rotatable bonds is 8. The van der Waals surface area contributed by atoms with Gasteiger partial charge in [0.15, 0.2) is 6.17 Å². The molecule has 0 bridgehead atoms. The van der Waals surface area contributed by atoms with Crippen LogP contribution in [0.4, 0.5) is 11.4 Å². The van der Waals surface area contributed by atoms with E-state index < -0.39 is 0 Å². The number of anilines is 2. The molecule has 0 aliphatic rings. The molecular weight excluding hydrogens is 276 g/mol. The zero-order chi connectivity index (χ0) is 15.5. The fraction of sp³-hybridized carbons (Fsp3) is 0.250. The maximum atomic E-state index is 4.15. The minimum absolute atomic E-state index is 0.294. The van der Waals surface area contributed by atoms with Gasteiger partial charge in [-0.05, 0) is 30.7 Å². The van der Waals surface area contributed by atoms with Crippen LogP contribution >= 0.6 is 0 Å². The van der Waals surface area contributed by atoms with E-state index in [1.807, 2.05) is 60.7 Å². The summed E-state index contributed by atoms with van der Waals surface area (Å²) in [5, 5.41) is 16.3. The van der Waals surface area contributed by atoms with E-state index in [0.29, 0.717) is 0 Å². The predicted molar refractivity (Wildman–Crippen MR) is 88.5 cm³/mol. The summed E-state index contributed by atoms with van der Waals surface area (Å²) in [7, 11) is 0. The first-order valence-electron chi connectivity index (χ1n) is 7.30. The first kappa shape index (κ1) is 15.6. The van der Waals surface area contributed by atoms with Crippen LogP contribution in [0.25, 0.3) is 0 Å². The highest BCUT2D eigenvalue weighted by atomic mass is 15.5. The van der Waals surface area contributed by atoms with Crippen LogP contribution in [-0.4, -0.2) is 6.17 Å². The van der Waals surface area contributed by atoms with Crippen molar-refractivity contribution in [3.05, 3.63) is 60.7 Å². The molecule has 2 aromatic carbocycles. The van der Waals surface area contributed by atoms with Crippen molar-refractivity contribution in [3.63, 3.8) is 0 Å². The molecule has 0 saturated carbocycles. The summed E-state index contributed by atoms with van der Waals surface area (Å²) >= 11 is 0. The number of nitrogens with zero attached hydrogens (tertiary/aromatic N) is 4. The van der Waals surface area contributed by atoms with Gasteiger partial charge < -0.3 is 0 Å². The monoisotopic (exact) mass is 296 g/mol. The third-order valence-corrected chi connectivity index (χ3v) is 2.83. The standard InChI is InChI=1S/C16H20N6/c1-2-9-16(19-21-17-14-10-5-3-6-11-14)20-22-18-15-12-7-4-8-13-15/h3-8,10-13,16H,2,9H2,1H3,(H,17,19)(H,18,20). The number of para-hydroxylation sites is 2. The molecule has 2 aromatic rings. The van der Waals surface area contributed by atoms with Crippen LogP contribution < -0.4 is 10.9 Å². The van der Waals surface area contributed by atoms with Crippen LogP contribution in [0.15, 0.2) is 81.3 Å². The topological polar surface area (TPSA) is 73.5 Å². The maximum absolute atomic E-state index is 4.15. The lowest BCUT2D eigenvalue weighted by molar-refractivity contribution is 0.574. The van der Waals surface area contributed by atoms with E-state index in [0.717, 1.165) is 24.2 Å². The van der Waals surface area contributed by atoms with E-state index in [1.54, 1.807) is 0 Å². The highest BCUT2D eigenvalue weighted by Crippen LogP contribution is 2.09. The first-order chi connectivity index (χ1) is 10.9. The molecule has 2 N–H and O–H groups in total. The summed E-state index contributed by atoms with van der Waals surface area (Å²) in [5.74, 6) is 0. The average Bonchev–Trinajstić information content (AvgIpc) is 2.57. The van der Waals surface area contributed by atoms with Gasteiger partial charge in [0, 0.05) is 0 Å². The molecule has 0 heterocycles. The molecule has 2 rings (SSSR count). The van der Waals surface area contributed by atoms with Gasteiger partial charge in [0.1, 0.15) is 0 Å². The molecule has 0 atom stereocenters.